The van der Waals surface area contributed by atoms with Gasteiger partial charge in [0.15, 0.2) is 0 Å². The van der Waals surface area contributed by atoms with Crippen LogP contribution in [0.5, 0.6) is 5.75 Å². The lowest BCUT2D eigenvalue weighted by atomic mass is 9.97. The van der Waals surface area contributed by atoms with Crippen LogP contribution in [0.2, 0.25) is 0 Å². The molecule has 0 fully saturated rings. The molecular weight excluding hydrogens is 258 g/mol. The Kier molecular flexibility index (Phi) is 5.63. The van der Waals surface area contributed by atoms with E-state index < -0.39 is 0 Å². The van der Waals surface area contributed by atoms with Crippen LogP contribution in [0.1, 0.15) is 45.6 Å². The average molecular weight is 285 g/mol. The van der Waals surface area contributed by atoms with Crippen molar-refractivity contribution in [2.45, 2.75) is 58.6 Å². The Balaban J connectivity index is 2.45. The molecule has 2 heteroatoms. The molecule has 0 aliphatic heterocycles. The van der Waals surface area contributed by atoms with E-state index in [4.69, 9.17) is 10.5 Å². The SMILES string of the molecule is CCC(N)Cc1c(OC(CC)CC)ccc2ccccc12. The van der Waals surface area contributed by atoms with Crippen molar-refractivity contribution in [3.8, 4) is 5.75 Å². The van der Waals surface area contributed by atoms with Crippen LogP contribution in [-0.2, 0) is 6.42 Å². The Labute approximate surface area is 128 Å². The van der Waals surface area contributed by atoms with Crippen molar-refractivity contribution in [2.24, 2.45) is 5.73 Å². The van der Waals surface area contributed by atoms with E-state index in [1.165, 1.54) is 16.3 Å². The van der Waals surface area contributed by atoms with Gasteiger partial charge in [-0.1, -0.05) is 51.1 Å². The third-order valence-electron chi connectivity index (χ3n) is 4.19. The largest absolute Gasteiger partial charge is 0.490 e. The van der Waals surface area contributed by atoms with E-state index in [2.05, 4.69) is 57.2 Å². The summed E-state index contributed by atoms with van der Waals surface area (Å²) in [6, 6.07) is 12.9. The topological polar surface area (TPSA) is 35.2 Å². The number of fused-ring (bicyclic) bond motifs is 1. The van der Waals surface area contributed by atoms with Crippen molar-refractivity contribution >= 4 is 10.8 Å². The van der Waals surface area contributed by atoms with Gasteiger partial charge in [0.25, 0.3) is 0 Å². The van der Waals surface area contributed by atoms with Crippen LogP contribution in [-0.4, -0.2) is 12.1 Å². The zero-order chi connectivity index (χ0) is 15.2. The molecule has 0 aliphatic rings. The van der Waals surface area contributed by atoms with E-state index in [9.17, 15) is 0 Å². The van der Waals surface area contributed by atoms with Crippen molar-refractivity contribution in [1.29, 1.82) is 0 Å². The molecule has 0 bridgehead atoms. The lowest BCUT2D eigenvalue weighted by Gasteiger charge is -2.21. The van der Waals surface area contributed by atoms with Gasteiger partial charge in [-0.25, -0.2) is 0 Å². The fourth-order valence-corrected chi connectivity index (χ4v) is 2.68. The van der Waals surface area contributed by atoms with Gasteiger partial charge in [-0.3, -0.25) is 0 Å². The third-order valence-corrected chi connectivity index (χ3v) is 4.19. The third kappa shape index (κ3) is 3.76. The van der Waals surface area contributed by atoms with Gasteiger partial charge in [-0.05, 0) is 42.5 Å². The molecule has 2 N–H and O–H groups in total. The van der Waals surface area contributed by atoms with Crippen molar-refractivity contribution in [3.63, 3.8) is 0 Å². The van der Waals surface area contributed by atoms with Crippen LogP contribution >= 0.6 is 0 Å². The molecule has 21 heavy (non-hydrogen) atoms. The number of hydrogen-bond donors (Lipinski definition) is 1. The minimum absolute atomic E-state index is 0.180. The van der Waals surface area contributed by atoms with E-state index in [1.807, 2.05) is 0 Å². The van der Waals surface area contributed by atoms with E-state index in [0.717, 1.165) is 31.4 Å². The van der Waals surface area contributed by atoms with Gasteiger partial charge in [0.2, 0.25) is 0 Å². The van der Waals surface area contributed by atoms with Gasteiger partial charge in [0, 0.05) is 11.6 Å². The number of ether oxygens (including phenoxy) is 1. The molecule has 0 saturated heterocycles. The van der Waals surface area contributed by atoms with Crippen molar-refractivity contribution in [1.82, 2.24) is 0 Å². The van der Waals surface area contributed by atoms with Gasteiger partial charge in [-0.2, -0.15) is 0 Å². The average Bonchev–Trinajstić information content (AvgIpc) is 2.53. The summed E-state index contributed by atoms with van der Waals surface area (Å²) in [6.07, 6.45) is 4.19. The van der Waals surface area contributed by atoms with Crippen LogP contribution < -0.4 is 10.5 Å². The molecule has 1 atom stereocenters. The highest BCUT2D eigenvalue weighted by molar-refractivity contribution is 5.87. The van der Waals surface area contributed by atoms with Crippen LogP contribution in [0.4, 0.5) is 0 Å². The summed E-state index contributed by atoms with van der Waals surface area (Å²) in [5, 5.41) is 2.53. The molecule has 0 amide bonds. The van der Waals surface area contributed by atoms with Gasteiger partial charge >= 0.3 is 0 Å². The molecular formula is C19H27NO. The Morgan fingerprint density at radius 2 is 1.67 bits per heavy atom. The first-order valence-corrected chi connectivity index (χ1v) is 8.12. The predicted molar refractivity (Wildman–Crippen MR) is 90.9 cm³/mol. The minimum atomic E-state index is 0.180. The first kappa shape index (κ1) is 15.8. The van der Waals surface area contributed by atoms with Crippen molar-refractivity contribution in [2.75, 3.05) is 0 Å². The van der Waals surface area contributed by atoms with E-state index >= 15 is 0 Å². The number of nitrogens with two attached hydrogens (primary N) is 1. The number of hydrogen-bond acceptors (Lipinski definition) is 2. The van der Waals surface area contributed by atoms with Gasteiger partial charge in [0.1, 0.15) is 5.75 Å². The summed E-state index contributed by atoms with van der Waals surface area (Å²) in [5.74, 6) is 1.01. The van der Waals surface area contributed by atoms with Crippen LogP contribution in [0.15, 0.2) is 36.4 Å². The Morgan fingerprint density at radius 1 is 0.952 bits per heavy atom. The molecule has 2 aromatic carbocycles. The lowest BCUT2D eigenvalue weighted by Crippen LogP contribution is -2.23. The smallest absolute Gasteiger partial charge is 0.123 e. The highest BCUT2D eigenvalue weighted by Crippen LogP contribution is 2.30. The Morgan fingerprint density at radius 3 is 2.33 bits per heavy atom. The maximum Gasteiger partial charge on any atom is 0.123 e. The lowest BCUT2D eigenvalue weighted by molar-refractivity contribution is 0.191. The van der Waals surface area contributed by atoms with Crippen molar-refractivity contribution < 1.29 is 4.74 Å². The summed E-state index contributed by atoms with van der Waals surface area (Å²) < 4.78 is 6.24. The predicted octanol–water partition coefficient (Wildman–Crippen LogP) is 4.69. The van der Waals surface area contributed by atoms with Crippen LogP contribution in [0.3, 0.4) is 0 Å². The minimum Gasteiger partial charge on any atom is -0.490 e. The van der Waals surface area contributed by atoms with Gasteiger partial charge in [0.05, 0.1) is 6.10 Å². The molecule has 0 aliphatic carbocycles. The maximum atomic E-state index is 6.24. The molecule has 114 valence electrons. The molecule has 0 saturated carbocycles. The first-order valence-electron chi connectivity index (χ1n) is 8.12. The summed E-state index contributed by atoms with van der Waals surface area (Å²) in [7, 11) is 0. The zero-order valence-corrected chi connectivity index (χ0v) is 13.4. The molecule has 2 aromatic rings. The Hall–Kier alpha value is -1.54. The fourth-order valence-electron chi connectivity index (χ4n) is 2.68. The summed E-state index contributed by atoms with van der Waals surface area (Å²) >= 11 is 0. The second kappa shape index (κ2) is 7.46. The Bertz CT molecular complexity index is 575. The highest BCUT2D eigenvalue weighted by atomic mass is 16.5. The zero-order valence-electron chi connectivity index (χ0n) is 13.4. The maximum absolute atomic E-state index is 6.24. The van der Waals surface area contributed by atoms with E-state index in [-0.39, 0.29) is 12.1 Å². The fraction of sp³-hybridized carbons (Fsp3) is 0.474. The molecule has 0 spiro atoms. The number of rotatable bonds is 7. The second-order valence-corrected chi connectivity index (χ2v) is 5.69. The van der Waals surface area contributed by atoms with E-state index in [0.29, 0.717) is 0 Å². The van der Waals surface area contributed by atoms with Crippen molar-refractivity contribution in [3.05, 3.63) is 42.0 Å². The summed E-state index contributed by atoms with van der Waals surface area (Å²) in [6.45, 7) is 6.48. The molecule has 0 heterocycles. The van der Waals surface area contributed by atoms with Crippen LogP contribution in [0.25, 0.3) is 10.8 Å². The quantitative estimate of drug-likeness (QED) is 0.801. The monoisotopic (exact) mass is 285 g/mol. The van der Waals surface area contributed by atoms with Gasteiger partial charge < -0.3 is 10.5 Å². The second-order valence-electron chi connectivity index (χ2n) is 5.69. The molecule has 0 radical (unpaired) electrons. The van der Waals surface area contributed by atoms with E-state index in [1.54, 1.807) is 0 Å². The normalized spacial score (nSPS) is 12.8. The summed E-state index contributed by atoms with van der Waals surface area (Å²) in [4.78, 5) is 0. The molecule has 2 nitrogen and oxygen atoms in total. The standard InChI is InChI=1S/C19H27NO/c1-4-15(20)13-18-17-10-8-7-9-14(17)11-12-19(18)21-16(5-2)6-3/h7-12,15-16H,4-6,13,20H2,1-3H3. The first-order chi connectivity index (χ1) is 10.2. The molecule has 1 unspecified atom stereocenters. The molecule has 2 rings (SSSR count). The van der Waals surface area contributed by atoms with Gasteiger partial charge in [-0.15, -0.1) is 0 Å². The summed E-state index contributed by atoms with van der Waals surface area (Å²) in [5.41, 5.74) is 7.46. The van der Waals surface area contributed by atoms with Crippen LogP contribution in [0, 0.1) is 0 Å². The molecule has 0 aromatic heterocycles. The number of benzene rings is 2. The highest BCUT2D eigenvalue weighted by Gasteiger charge is 2.14.